The van der Waals surface area contributed by atoms with Crippen LogP contribution >= 0.6 is 0 Å². The van der Waals surface area contributed by atoms with Crippen LogP contribution in [0.4, 0.5) is 0 Å². The van der Waals surface area contributed by atoms with E-state index in [2.05, 4.69) is 71.4 Å². The van der Waals surface area contributed by atoms with Gasteiger partial charge in [-0.25, -0.2) is 0 Å². The fourth-order valence-electron chi connectivity index (χ4n) is 5.15. The third kappa shape index (κ3) is 7.05. The summed E-state index contributed by atoms with van der Waals surface area (Å²) in [7, 11) is 0. The van der Waals surface area contributed by atoms with E-state index >= 15 is 0 Å². The lowest BCUT2D eigenvalue weighted by Gasteiger charge is -2.32. The van der Waals surface area contributed by atoms with Crippen molar-refractivity contribution in [1.82, 2.24) is 10.2 Å². The molecule has 2 atom stereocenters. The molecule has 2 unspecified atom stereocenters. The second-order valence-electron chi connectivity index (χ2n) is 9.69. The van der Waals surface area contributed by atoms with E-state index in [4.69, 9.17) is 0 Å². The standard InChI is InChI=1S/C29H40N2/c1-2-9-24-13-15-27(16-14-24)28-22-29(28)30-19-8-4-7-10-25-17-20-31(21-18-25)23-26-11-5-3-6-12-26/h2-3,5-6,11-16,25,28-30H,1,4,7-10,17-23H2. The highest BCUT2D eigenvalue weighted by Gasteiger charge is 2.37. The molecule has 1 saturated heterocycles. The van der Waals surface area contributed by atoms with E-state index in [9.17, 15) is 0 Å². The Bertz CT molecular complexity index is 774. The molecule has 2 nitrogen and oxygen atoms in total. The van der Waals surface area contributed by atoms with Crippen molar-refractivity contribution in [1.29, 1.82) is 0 Å². The lowest BCUT2D eigenvalue weighted by atomic mass is 9.91. The molecule has 2 heteroatoms. The lowest BCUT2D eigenvalue weighted by molar-refractivity contribution is 0.170. The first-order valence-electron chi connectivity index (χ1n) is 12.5. The summed E-state index contributed by atoms with van der Waals surface area (Å²) in [5, 5.41) is 3.79. The molecule has 2 fully saturated rings. The number of benzene rings is 2. The minimum atomic E-state index is 0.708. The minimum absolute atomic E-state index is 0.708. The van der Waals surface area contributed by atoms with E-state index in [0.717, 1.165) is 24.8 Å². The van der Waals surface area contributed by atoms with Gasteiger partial charge in [-0.05, 0) is 74.3 Å². The maximum atomic E-state index is 3.82. The third-order valence-corrected chi connectivity index (χ3v) is 7.23. The average molecular weight is 417 g/mol. The van der Waals surface area contributed by atoms with Crippen LogP contribution in [0.2, 0.25) is 0 Å². The summed E-state index contributed by atoms with van der Waals surface area (Å²) in [5.41, 5.74) is 4.32. The van der Waals surface area contributed by atoms with Gasteiger partial charge in [0.2, 0.25) is 0 Å². The van der Waals surface area contributed by atoms with Crippen LogP contribution in [0.3, 0.4) is 0 Å². The molecule has 1 N–H and O–H groups in total. The van der Waals surface area contributed by atoms with E-state index < -0.39 is 0 Å². The number of rotatable bonds is 12. The van der Waals surface area contributed by atoms with Gasteiger partial charge in [0.1, 0.15) is 0 Å². The molecule has 0 amide bonds. The number of unbranched alkanes of at least 4 members (excludes halogenated alkanes) is 2. The quantitative estimate of drug-likeness (QED) is 0.321. The minimum Gasteiger partial charge on any atom is -0.313 e. The number of likely N-dealkylation sites (tertiary alicyclic amines) is 1. The Kier molecular flexibility index (Phi) is 8.38. The summed E-state index contributed by atoms with van der Waals surface area (Å²) in [6.45, 7) is 8.69. The van der Waals surface area contributed by atoms with Gasteiger partial charge in [0.05, 0.1) is 0 Å². The van der Waals surface area contributed by atoms with Gasteiger partial charge in [-0.15, -0.1) is 6.58 Å². The van der Waals surface area contributed by atoms with Crippen molar-refractivity contribution in [3.8, 4) is 0 Å². The Morgan fingerprint density at radius 2 is 1.68 bits per heavy atom. The summed E-state index contributed by atoms with van der Waals surface area (Å²) in [5.74, 6) is 1.69. The molecule has 2 aromatic carbocycles. The molecule has 2 aliphatic rings. The van der Waals surface area contributed by atoms with Crippen molar-refractivity contribution in [2.45, 2.75) is 69.9 Å². The second kappa shape index (κ2) is 11.6. The van der Waals surface area contributed by atoms with Gasteiger partial charge >= 0.3 is 0 Å². The molecule has 4 rings (SSSR count). The topological polar surface area (TPSA) is 15.3 Å². The lowest BCUT2D eigenvalue weighted by Crippen LogP contribution is -2.33. The van der Waals surface area contributed by atoms with Gasteiger partial charge in [-0.3, -0.25) is 4.90 Å². The molecule has 0 radical (unpaired) electrons. The smallest absolute Gasteiger partial charge is 0.0233 e. The fraction of sp³-hybridized carbons (Fsp3) is 0.517. The van der Waals surface area contributed by atoms with Crippen molar-refractivity contribution in [3.05, 3.63) is 83.9 Å². The zero-order valence-corrected chi connectivity index (χ0v) is 19.1. The Labute approximate surface area is 189 Å². The van der Waals surface area contributed by atoms with Crippen molar-refractivity contribution in [2.75, 3.05) is 19.6 Å². The summed E-state index contributed by atoms with van der Waals surface area (Å²) >= 11 is 0. The Morgan fingerprint density at radius 1 is 0.903 bits per heavy atom. The summed E-state index contributed by atoms with van der Waals surface area (Å²) in [4.78, 5) is 2.63. The summed E-state index contributed by atoms with van der Waals surface area (Å²) in [6, 6.07) is 20.8. The van der Waals surface area contributed by atoms with Crippen LogP contribution in [-0.4, -0.2) is 30.6 Å². The number of piperidine rings is 1. The van der Waals surface area contributed by atoms with E-state index in [1.165, 1.54) is 81.3 Å². The molecule has 0 spiro atoms. The maximum absolute atomic E-state index is 3.82. The molecule has 0 bridgehead atoms. The van der Waals surface area contributed by atoms with Crippen molar-refractivity contribution in [3.63, 3.8) is 0 Å². The highest BCUT2D eigenvalue weighted by molar-refractivity contribution is 5.31. The Morgan fingerprint density at radius 3 is 2.42 bits per heavy atom. The molecular formula is C29H40N2. The third-order valence-electron chi connectivity index (χ3n) is 7.23. The van der Waals surface area contributed by atoms with Crippen LogP contribution in [0, 0.1) is 5.92 Å². The highest BCUT2D eigenvalue weighted by atomic mass is 15.1. The first kappa shape index (κ1) is 22.3. The van der Waals surface area contributed by atoms with Crippen LogP contribution in [0.5, 0.6) is 0 Å². The molecular weight excluding hydrogens is 376 g/mol. The second-order valence-corrected chi connectivity index (χ2v) is 9.69. The van der Waals surface area contributed by atoms with Gasteiger partial charge in [0, 0.05) is 18.5 Å². The normalized spacial score (nSPS) is 21.8. The SMILES string of the molecule is C=CCc1ccc(C2CC2NCCCCCC2CCN(Cc3ccccc3)CC2)cc1. The van der Waals surface area contributed by atoms with E-state index in [-0.39, 0.29) is 0 Å². The van der Waals surface area contributed by atoms with Crippen molar-refractivity contribution in [2.24, 2.45) is 5.92 Å². The fourth-order valence-corrected chi connectivity index (χ4v) is 5.15. The maximum Gasteiger partial charge on any atom is 0.0233 e. The van der Waals surface area contributed by atoms with Crippen LogP contribution < -0.4 is 5.32 Å². The zero-order chi connectivity index (χ0) is 21.3. The molecule has 166 valence electrons. The molecule has 1 heterocycles. The first-order valence-corrected chi connectivity index (χ1v) is 12.5. The van der Waals surface area contributed by atoms with Crippen LogP contribution in [0.1, 0.15) is 67.6 Å². The van der Waals surface area contributed by atoms with Crippen molar-refractivity contribution < 1.29 is 0 Å². The molecule has 2 aromatic rings. The van der Waals surface area contributed by atoms with E-state index in [1.54, 1.807) is 0 Å². The van der Waals surface area contributed by atoms with Gasteiger partial charge in [-0.2, -0.15) is 0 Å². The number of nitrogens with one attached hydrogen (secondary N) is 1. The summed E-state index contributed by atoms with van der Waals surface area (Å²) in [6.07, 6.45) is 12.6. The van der Waals surface area contributed by atoms with E-state index in [1.807, 2.05) is 6.08 Å². The number of nitrogens with zero attached hydrogens (tertiary/aromatic N) is 1. The van der Waals surface area contributed by atoms with Crippen LogP contribution in [-0.2, 0) is 13.0 Å². The Hall–Kier alpha value is -1.90. The number of hydrogen-bond acceptors (Lipinski definition) is 2. The summed E-state index contributed by atoms with van der Waals surface area (Å²) < 4.78 is 0. The van der Waals surface area contributed by atoms with Gasteiger partial charge < -0.3 is 5.32 Å². The molecule has 1 aliphatic carbocycles. The molecule has 31 heavy (non-hydrogen) atoms. The molecule has 0 aromatic heterocycles. The monoisotopic (exact) mass is 416 g/mol. The Balaban J connectivity index is 1.02. The zero-order valence-electron chi connectivity index (χ0n) is 19.1. The van der Waals surface area contributed by atoms with E-state index in [0.29, 0.717) is 6.04 Å². The number of hydrogen-bond donors (Lipinski definition) is 1. The average Bonchev–Trinajstić information content (AvgIpc) is 3.58. The largest absolute Gasteiger partial charge is 0.313 e. The van der Waals surface area contributed by atoms with Gasteiger partial charge in [0.25, 0.3) is 0 Å². The highest BCUT2D eigenvalue weighted by Crippen LogP contribution is 2.40. The molecule has 1 saturated carbocycles. The van der Waals surface area contributed by atoms with Crippen molar-refractivity contribution >= 4 is 0 Å². The van der Waals surface area contributed by atoms with Crippen LogP contribution in [0.25, 0.3) is 0 Å². The predicted octanol–water partition coefficient (Wildman–Crippen LogP) is 6.33. The van der Waals surface area contributed by atoms with Gasteiger partial charge in [0.15, 0.2) is 0 Å². The number of allylic oxidation sites excluding steroid dienone is 1. The van der Waals surface area contributed by atoms with Gasteiger partial charge in [-0.1, -0.05) is 79.9 Å². The molecule has 1 aliphatic heterocycles. The van der Waals surface area contributed by atoms with Crippen LogP contribution in [0.15, 0.2) is 67.3 Å². The first-order chi connectivity index (χ1) is 15.3. The predicted molar refractivity (Wildman–Crippen MR) is 132 cm³/mol.